The smallest absolute Gasteiger partial charge is 0.193 e. The second kappa shape index (κ2) is 6.58. The zero-order valence-electron chi connectivity index (χ0n) is 11.3. The van der Waals surface area contributed by atoms with Gasteiger partial charge < -0.3 is 0 Å². The number of benzene rings is 2. The molecule has 0 saturated carbocycles. The highest BCUT2D eigenvalue weighted by Gasteiger charge is 2.05. The summed E-state index contributed by atoms with van der Waals surface area (Å²) in [6, 6.07) is 16.5. The highest BCUT2D eigenvalue weighted by atomic mass is 32.2. The first-order valence-corrected chi connectivity index (χ1v) is 7.39. The van der Waals surface area contributed by atoms with E-state index in [2.05, 4.69) is 31.2 Å². The minimum absolute atomic E-state index is 0.229. The van der Waals surface area contributed by atoms with Crippen molar-refractivity contribution in [3.8, 4) is 0 Å². The van der Waals surface area contributed by atoms with Crippen molar-refractivity contribution in [2.75, 3.05) is 0 Å². The molecular formula is C17H18OS. The molecule has 2 rings (SSSR count). The van der Waals surface area contributed by atoms with Crippen LogP contribution >= 0.6 is 11.8 Å². The molecule has 0 fully saturated rings. The topological polar surface area (TPSA) is 17.1 Å². The number of carbonyl (C=O) groups is 1. The highest BCUT2D eigenvalue weighted by Crippen LogP contribution is 2.17. The Kier molecular flexibility index (Phi) is 4.80. The molecule has 0 heterocycles. The summed E-state index contributed by atoms with van der Waals surface area (Å²) < 4.78 is 0. The average molecular weight is 270 g/mol. The van der Waals surface area contributed by atoms with Gasteiger partial charge >= 0.3 is 0 Å². The van der Waals surface area contributed by atoms with Crippen molar-refractivity contribution in [1.29, 1.82) is 0 Å². The lowest BCUT2D eigenvalue weighted by Gasteiger charge is -2.03. The third-order valence-electron chi connectivity index (χ3n) is 2.91. The monoisotopic (exact) mass is 270 g/mol. The van der Waals surface area contributed by atoms with Crippen LogP contribution in [0.2, 0.25) is 0 Å². The number of aryl methyl sites for hydroxylation is 2. The van der Waals surface area contributed by atoms with Crippen molar-refractivity contribution in [2.45, 2.75) is 26.0 Å². The summed E-state index contributed by atoms with van der Waals surface area (Å²) in [5, 5.41) is 0.229. The van der Waals surface area contributed by atoms with E-state index in [1.165, 1.54) is 28.5 Å². The Balaban J connectivity index is 1.88. The van der Waals surface area contributed by atoms with E-state index in [9.17, 15) is 4.79 Å². The van der Waals surface area contributed by atoms with Gasteiger partial charge in [-0.2, -0.15) is 0 Å². The van der Waals surface area contributed by atoms with Gasteiger partial charge in [0.2, 0.25) is 0 Å². The van der Waals surface area contributed by atoms with Gasteiger partial charge in [0.15, 0.2) is 5.12 Å². The fraction of sp³-hybridized carbons (Fsp3) is 0.235. The van der Waals surface area contributed by atoms with Crippen LogP contribution in [0.1, 0.15) is 22.3 Å². The van der Waals surface area contributed by atoms with Crippen molar-refractivity contribution in [3.63, 3.8) is 0 Å². The van der Waals surface area contributed by atoms with Gasteiger partial charge in [-0.25, -0.2) is 0 Å². The predicted molar refractivity (Wildman–Crippen MR) is 82.4 cm³/mol. The number of hydrogen-bond donors (Lipinski definition) is 0. The van der Waals surface area contributed by atoms with E-state index in [1.54, 1.807) is 0 Å². The maximum absolute atomic E-state index is 11.9. The maximum Gasteiger partial charge on any atom is 0.193 e. The van der Waals surface area contributed by atoms with Crippen LogP contribution in [0.25, 0.3) is 0 Å². The quantitative estimate of drug-likeness (QED) is 0.823. The number of carbonyl (C=O) groups excluding carboxylic acids is 1. The summed E-state index contributed by atoms with van der Waals surface area (Å²) in [5.41, 5.74) is 4.75. The van der Waals surface area contributed by atoms with Crippen molar-refractivity contribution in [1.82, 2.24) is 0 Å². The van der Waals surface area contributed by atoms with Gasteiger partial charge in [-0.05, 0) is 25.0 Å². The third-order valence-corrected chi connectivity index (χ3v) is 3.86. The van der Waals surface area contributed by atoms with Crippen LogP contribution in [0.15, 0.2) is 48.5 Å². The molecule has 2 aromatic carbocycles. The Morgan fingerprint density at radius 3 is 2.16 bits per heavy atom. The van der Waals surface area contributed by atoms with Crippen LogP contribution in [0.3, 0.4) is 0 Å². The normalized spacial score (nSPS) is 10.4. The highest BCUT2D eigenvalue weighted by molar-refractivity contribution is 8.12. The van der Waals surface area contributed by atoms with Gasteiger partial charge in [0.25, 0.3) is 0 Å². The Hall–Kier alpha value is -1.54. The van der Waals surface area contributed by atoms with E-state index in [4.69, 9.17) is 0 Å². The zero-order chi connectivity index (χ0) is 13.7. The van der Waals surface area contributed by atoms with Crippen molar-refractivity contribution >= 4 is 16.9 Å². The molecular weight excluding hydrogens is 252 g/mol. The van der Waals surface area contributed by atoms with Crippen LogP contribution in [0.4, 0.5) is 0 Å². The first-order chi connectivity index (χ1) is 9.13. The fourth-order valence-corrected chi connectivity index (χ4v) is 2.78. The Bertz CT molecular complexity index is 575. The van der Waals surface area contributed by atoms with Crippen molar-refractivity contribution in [2.24, 2.45) is 0 Å². The van der Waals surface area contributed by atoms with Crippen LogP contribution in [-0.4, -0.2) is 5.12 Å². The van der Waals surface area contributed by atoms with Crippen LogP contribution < -0.4 is 0 Å². The summed E-state index contributed by atoms with van der Waals surface area (Å²) in [5.74, 6) is 0.756. The lowest BCUT2D eigenvalue weighted by molar-refractivity contribution is -0.110. The second-order valence-corrected chi connectivity index (χ2v) is 5.85. The minimum atomic E-state index is 0.229. The molecule has 2 heteroatoms. The number of thioether (sulfide) groups is 1. The summed E-state index contributed by atoms with van der Waals surface area (Å²) in [7, 11) is 0. The molecule has 0 N–H and O–H groups in total. The minimum Gasteiger partial charge on any atom is -0.287 e. The van der Waals surface area contributed by atoms with Gasteiger partial charge in [-0.1, -0.05) is 71.4 Å². The molecule has 0 amide bonds. The van der Waals surface area contributed by atoms with Crippen LogP contribution in [0, 0.1) is 13.8 Å². The van der Waals surface area contributed by atoms with E-state index >= 15 is 0 Å². The van der Waals surface area contributed by atoms with E-state index in [1.807, 2.05) is 31.2 Å². The van der Waals surface area contributed by atoms with Gasteiger partial charge in [0.1, 0.15) is 0 Å². The van der Waals surface area contributed by atoms with E-state index in [-0.39, 0.29) is 5.12 Å². The van der Waals surface area contributed by atoms with Gasteiger partial charge in [0, 0.05) is 12.2 Å². The zero-order valence-corrected chi connectivity index (χ0v) is 12.2. The standard InChI is InChI=1S/C17H18OS/c1-13-5-3-7-15(9-13)11-17(18)19-12-16-8-4-6-14(2)10-16/h3-10H,11-12H2,1-2H3. The molecule has 2 aromatic rings. The molecule has 0 aromatic heterocycles. The molecule has 0 radical (unpaired) electrons. The first kappa shape index (κ1) is 13.9. The molecule has 0 aliphatic carbocycles. The van der Waals surface area contributed by atoms with E-state index < -0.39 is 0 Å². The van der Waals surface area contributed by atoms with Gasteiger partial charge in [-0.3, -0.25) is 4.79 Å². The molecule has 0 unspecified atom stereocenters. The van der Waals surface area contributed by atoms with Crippen molar-refractivity contribution in [3.05, 3.63) is 70.8 Å². The molecule has 0 bridgehead atoms. The summed E-state index contributed by atoms with van der Waals surface area (Å²) >= 11 is 1.40. The molecule has 0 spiro atoms. The predicted octanol–water partition coefficient (Wildman–Crippen LogP) is 4.31. The third kappa shape index (κ3) is 4.56. The number of hydrogen-bond acceptors (Lipinski definition) is 2. The molecule has 1 nitrogen and oxygen atoms in total. The first-order valence-electron chi connectivity index (χ1n) is 6.40. The van der Waals surface area contributed by atoms with Crippen LogP contribution in [0.5, 0.6) is 0 Å². The Labute approximate surface area is 119 Å². The number of rotatable bonds is 4. The summed E-state index contributed by atoms with van der Waals surface area (Å²) in [4.78, 5) is 11.9. The maximum atomic E-state index is 11.9. The van der Waals surface area contributed by atoms with Gasteiger partial charge in [0.05, 0.1) is 0 Å². The lowest BCUT2D eigenvalue weighted by atomic mass is 10.1. The van der Waals surface area contributed by atoms with E-state index in [0.717, 1.165) is 11.3 Å². The SMILES string of the molecule is Cc1cccc(CSC(=O)Cc2cccc(C)c2)c1. The fourth-order valence-electron chi connectivity index (χ4n) is 2.01. The summed E-state index contributed by atoms with van der Waals surface area (Å²) in [6.45, 7) is 4.12. The Morgan fingerprint density at radius 2 is 1.53 bits per heavy atom. The molecule has 0 aliphatic rings. The van der Waals surface area contributed by atoms with Gasteiger partial charge in [-0.15, -0.1) is 0 Å². The average Bonchev–Trinajstić information content (AvgIpc) is 2.36. The van der Waals surface area contributed by atoms with Crippen molar-refractivity contribution < 1.29 is 4.79 Å². The summed E-state index contributed by atoms with van der Waals surface area (Å²) in [6.07, 6.45) is 0.512. The molecule has 19 heavy (non-hydrogen) atoms. The second-order valence-electron chi connectivity index (χ2n) is 4.82. The molecule has 0 aliphatic heterocycles. The largest absolute Gasteiger partial charge is 0.287 e. The Morgan fingerprint density at radius 1 is 0.947 bits per heavy atom. The molecule has 98 valence electrons. The van der Waals surface area contributed by atoms with Crippen LogP contribution in [-0.2, 0) is 17.0 Å². The molecule has 0 atom stereocenters. The lowest BCUT2D eigenvalue weighted by Crippen LogP contribution is -1.98. The molecule has 0 saturated heterocycles. The van der Waals surface area contributed by atoms with E-state index in [0.29, 0.717) is 6.42 Å².